The van der Waals surface area contributed by atoms with Crippen LogP contribution in [0.5, 0.6) is 5.88 Å². The molecule has 1 aromatic rings. The molecule has 0 spiro atoms. The number of guanidine groups is 1. The van der Waals surface area contributed by atoms with Gasteiger partial charge in [0.2, 0.25) is 5.88 Å². The van der Waals surface area contributed by atoms with Crippen LogP contribution >= 0.6 is 0 Å². The van der Waals surface area contributed by atoms with E-state index >= 15 is 0 Å². The van der Waals surface area contributed by atoms with Gasteiger partial charge in [-0.25, -0.2) is 4.98 Å². The van der Waals surface area contributed by atoms with Crippen molar-refractivity contribution in [1.29, 1.82) is 0 Å². The summed E-state index contributed by atoms with van der Waals surface area (Å²) in [5.74, 6) is 1.55. The quantitative estimate of drug-likeness (QED) is 0.627. The van der Waals surface area contributed by atoms with Crippen molar-refractivity contribution in [2.75, 3.05) is 7.05 Å². The summed E-state index contributed by atoms with van der Waals surface area (Å²) in [4.78, 5) is 8.63. The van der Waals surface area contributed by atoms with Gasteiger partial charge in [0.1, 0.15) is 6.10 Å². The number of rotatable bonds is 6. The van der Waals surface area contributed by atoms with Crippen LogP contribution in [-0.4, -0.2) is 30.1 Å². The average Bonchev–Trinajstić information content (AvgIpc) is 3.05. The zero-order valence-electron chi connectivity index (χ0n) is 13.9. The van der Waals surface area contributed by atoms with Gasteiger partial charge in [0.05, 0.1) is 0 Å². The predicted octanol–water partition coefficient (Wildman–Crippen LogP) is 2.87. The minimum absolute atomic E-state index is 0.357. The molecular weight excluding hydrogens is 276 g/mol. The summed E-state index contributed by atoms with van der Waals surface area (Å²) in [6.07, 6.45) is 8.15. The van der Waals surface area contributed by atoms with Gasteiger partial charge in [0.25, 0.3) is 0 Å². The predicted molar refractivity (Wildman–Crippen MR) is 90.2 cm³/mol. The fourth-order valence-electron chi connectivity index (χ4n) is 2.48. The molecule has 0 saturated heterocycles. The van der Waals surface area contributed by atoms with E-state index in [0.29, 0.717) is 18.7 Å². The van der Waals surface area contributed by atoms with Crippen molar-refractivity contribution in [3.05, 3.63) is 23.9 Å². The van der Waals surface area contributed by atoms with Gasteiger partial charge in [-0.15, -0.1) is 0 Å². The van der Waals surface area contributed by atoms with E-state index in [1.807, 2.05) is 12.3 Å². The summed E-state index contributed by atoms with van der Waals surface area (Å²) in [6.45, 7) is 4.99. The molecule has 2 N–H and O–H groups in total. The number of nitrogens with one attached hydrogen (secondary N) is 2. The van der Waals surface area contributed by atoms with Gasteiger partial charge in [0, 0.05) is 31.9 Å². The zero-order valence-corrected chi connectivity index (χ0v) is 13.9. The number of hydrogen-bond acceptors (Lipinski definition) is 3. The van der Waals surface area contributed by atoms with Gasteiger partial charge in [-0.1, -0.05) is 13.0 Å². The SMILES string of the molecule is CCC(C)NC(=NC)NCc1ccc(OC2CCCC2)nc1. The lowest BCUT2D eigenvalue weighted by molar-refractivity contribution is 0.201. The third kappa shape index (κ3) is 5.20. The first-order valence-corrected chi connectivity index (χ1v) is 8.30. The molecule has 1 aliphatic rings. The molecule has 1 aromatic heterocycles. The largest absolute Gasteiger partial charge is 0.474 e. The molecule has 1 atom stereocenters. The highest BCUT2D eigenvalue weighted by molar-refractivity contribution is 5.79. The summed E-state index contributed by atoms with van der Waals surface area (Å²) >= 11 is 0. The van der Waals surface area contributed by atoms with Crippen LogP contribution in [0.15, 0.2) is 23.3 Å². The normalized spacial score (nSPS) is 17.3. The Morgan fingerprint density at radius 3 is 2.77 bits per heavy atom. The van der Waals surface area contributed by atoms with Crippen molar-refractivity contribution in [3.8, 4) is 5.88 Å². The summed E-state index contributed by atoms with van der Waals surface area (Å²) in [6, 6.07) is 4.42. The topological polar surface area (TPSA) is 58.5 Å². The number of pyridine rings is 1. The van der Waals surface area contributed by atoms with E-state index < -0.39 is 0 Å². The second-order valence-corrected chi connectivity index (χ2v) is 5.91. The molecule has 0 aromatic carbocycles. The minimum Gasteiger partial charge on any atom is -0.474 e. The Hall–Kier alpha value is -1.78. The van der Waals surface area contributed by atoms with Crippen LogP contribution in [0.4, 0.5) is 0 Å². The van der Waals surface area contributed by atoms with E-state index in [-0.39, 0.29) is 0 Å². The molecule has 1 unspecified atom stereocenters. The molecule has 0 aliphatic heterocycles. The lowest BCUT2D eigenvalue weighted by Gasteiger charge is -2.16. The fraction of sp³-hybridized carbons (Fsp3) is 0.647. The lowest BCUT2D eigenvalue weighted by atomic mass is 10.2. The molecule has 0 radical (unpaired) electrons. The van der Waals surface area contributed by atoms with E-state index in [1.54, 1.807) is 7.05 Å². The summed E-state index contributed by atoms with van der Waals surface area (Å²) < 4.78 is 5.88. The smallest absolute Gasteiger partial charge is 0.213 e. The van der Waals surface area contributed by atoms with Gasteiger partial charge in [-0.3, -0.25) is 4.99 Å². The number of ether oxygens (including phenoxy) is 1. The highest BCUT2D eigenvalue weighted by Gasteiger charge is 2.16. The third-order valence-electron chi connectivity index (χ3n) is 4.07. The van der Waals surface area contributed by atoms with Crippen molar-refractivity contribution in [2.24, 2.45) is 4.99 Å². The van der Waals surface area contributed by atoms with E-state index in [4.69, 9.17) is 4.74 Å². The molecule has 1 fully saturated rings. The number of aliphatic imine (C=N–C) groups is 1. The summed E-state index contributed by atoms with van der Waals surface area (Å²) in [5, 5.41) is 6.64. The van der Waals surface area contributed by atoms with E-state index in [2.05, 4.69) is 40.5 Å². The molecule has 1 aliphatic carbocycles. The van der Waals surface area contributed by atoms with Crippen molar-refractivity contribution in [3.63, 3.8) is 0 Å². The molecule has 2 rings (SSSR count). The molecule has 1 heterocycles. The van der Waals surface area contributed by atoms with E-state index in [0.717, 1.165) is 36.7 Å². The Balaban J connectivity index is 1.80. The first-order valence-electron chi connectivity index (χ1n) is 8.30. The number of aromatic nitrogens is 1. The molecule has 0 amide bonds. The van der Waals surface area contributed by atoms with Crippen LogP contribution in [0.3, 0.4) is 0 Å². The van der Waals surface area contributed by atoms with Gasteiger partial charge >= 0.3 is 0 Å². The molecule has 22 heavy (non-hydrogen) atoms. The minimum atomic E-state index is 0.357. The summed E-state index contributed by atoms with van der Waals surface area (Å²) in [5.41, 5.74) is 1.12. The maximum Gasteiger partial charge on any atom is 0.213 e. The van der Waals surface area contributed by atoms with Crippen LogP contribution < -0.4 is 15.4 Å². The first-order chi connectivity index (χ1) is 10.7. The van der Waals surface area contributed by atoms with Crippen LogP contribution in [0.2, 0.25) is 0 Å². The van der Waals surface area contributed by atoms with Gasteiger partial charge in [0.15, 0.2) is 5.96 Å². The molecule has 5 nitrogen and oxygen atoms in total. The van der Waals surface area contributed by atoms with Crippen molar-refractivity contribution in [1.82, 2.24) is 15.6 Å². The monoisotopic (exact) mass is 304 g/mol. The Morgan fingerprint density at radius 2 is 2.18 bits per heavy atom. The van der Waals surface area contributed by atoms with Crippen molar-refractivity contribution < 1.29 is 4.74 Å². The number of hydrogen-bond donors (Lipinski definition) is 2. The highest BCUT2D eigenvalue weighted by Crippen LogP contribution is 2.22. The van der Waals surface area contributed by atoms with Crippen LogP contribution in [0, 0.1) is 0 Å². The second kappa shape index (κ2) is 8.61. The maximum atomic E-state index is 5.88. The van der Waals surface area contributed by atoms with Crippen LogP contribution in [0.1, 0.15) is 51.5 Å². The molecular formula is C17H28N4O. The lowest BCUT2D eigenvalue weighted by Crippen LogP contribution is -2.41. The molecule has 1 saturated carbocycles. The van der Waals surface area contributed by atoms with Crippen molar-refractivity contribution >= 4 is 5.96 Å². The number of nitrogens with zero attached hydrogens (tertiary/aromatic N) is 2. The summed E-state index contributed by atoms with van der Waals surface area (Å²) in [7, 11) is 1.79. The average molecular weight is 304 g/mol. The Bertz CT molecular complexity index is 466. The van der Waals surface area contributed by atoms with E-state index in [1.165, 1.54) is 12.8 Å². The highest BCUT2D eigenvalue weighted by atomic mass is 16.5. The standard InChI is InChI=1S/C17H28N4O/c1-4-13(2)21-17(18-3)20-12-14-9-10-16(19-11-14)22-15-7-5-6-8-15/h9-11,13,15H,4-8,12H2,1-3H3,(H2,18,20,21). The molecule has 5 heteroatoms. The fourth-order valence-corrected chi connectivity index (χ4v) is 2.48. The van der Waals surface area contributed by atoms with Crippen molar-refractivity contribution in [2.45, 2.75) is 64.6 Å². The van der Waals surface area contributed by atoms with Gasteiger partial charge in [-0.2, -0.15) is 0 Å². The van der Waals surface area contributed by atoms with Crippen LogP contribution in [-0.2, 0) is 6.54 Å². The Kier molecular flexibility index (Phi) is 6.49. The molecule has 0 bridgehead atoms. The second-order valence-electron chi connectivity index (χ2n) is 5.91. The third-order valence-corrected chi connectivity index (χ3v) is 4.07. The van der Waals surface area contributed by atoms with Gasteiger partial charge in [-0.05, 0) is 44.6 Å². The van der Waals surface area contributed by atoms with Crippen LogP contribution in [0.25, 0.3) is 0 Å². The van der Waals surface area contributed by atoms with Gasteiger partial charge < -0.3 is 15.4 Å². The Morgan fingerprint density at radius 1 is 1.41 bits per heavy atom. The molecule has 122 valence electrons. The van der Waals surface area contributed by atoms with E-state index in [9.17, 15) is 0 Å². The zero-order chi connectivity index (χ0) is 15.8. The Labute approximate surface area is 133 Å². The maximum absolute atomic E-state index is 5.88. The first kappa shape index (κ1) is 16.6.